The molecule has 12 aliphatic rings. The van der Waals surface area contributed by atoms with Crippen molar-refractivity contribution in [3.05, 3.63) is 0 Å². The quantitative estimate of drug-likeness (QED) is 0.0794. The van der Waals surface area contributed by atoms with Crippen molar-refractivity contribution in [1.29, 1.82) is 0 Å². The average molecular weight is 1490 g/mol. The van der Waals surface area contributed by atoms with Gasteiger partial charge in [0.15, 0.2) is 0 Å². The van der Waals surface area contributed by atoms with E-state index in [1.807, 2.05) is 0 Å². The van der Waals surface area contributed by atoms with Crippen LogP contribution in [0, 0.1) is 0 Å². The fourth-order valence-corrected chi connectivity index (χ4v) is 52.6. The average Bonchev–Trinajstić information content (AvgIpc) is 3.79. The van der Waals surface area contributed by atoms with Crippen LogP contribution in [0.15, 0.2) is 0 Å². The summed E-state index contributed by atoms with van der Waals surface area (Å²) in [6, 6.07) is 0. The van der Waals surface area contributed by atoms with Crippen LogP contribution in [-0.4, -0.2) is 105 Å². The molecular formula is C78H150P6Pd2+6. The van der Waals surface area contributed by atoms with E-state index in [4.69, 9.17) is 0 Å². The minimum Gasteiger partial charge on any atom is -0.0530 e. The summed E-state index contributed by atoms with van der Waals surface area (Å²) in [5.41, 5.74) is 14.7. The zero-order chi connectivity index (χ0) is 57.1. The van der Waals surface area contributed by atoms with Crippen LogP contribution in [0.5, 0.6) is 0 Å². The second-order valence-electron chi connectivity index (χ2n) is 33.0. The van der Waals surface area contributed by atoms with Gasteiger partial charge in [-0.25, -0.2) is 0 Å². The summed E-state index contributed by atoms with van der Waals surface area (Å²) in [6.45, 7) is 0. The number of hydrogen-bond donors (Lipinski definition) is 0. The molecule has 0 heterocycles. The van der Waals surface area contributed by atoms with Gasteiger partial charge >= 0.3 is 0 Å². The van der Waals surface area contributed by atoms with Gasteiger partial charge < -0.3 is 0 Å². The molecule has 0 aromatic rings. The zero-order valence-electron chi connectivity index (χ0n) is 57.2. The first kappa shape index (κ1) is 75.7. The predicted octanol–water partition coefficient (Wildman–Crippen LogP) is 26.2. The maximum atomic E-state index is 1.77. The van der Waals surface area contributed by atoms with Crippen molar-refractivity contribution in [2.75, 3.05) is 37.0 Å². The van der Waals surface area contributed by atoms with Gasteiger partial charge in [0.25, 0.3) is 0 Å². The van der Waals surface area contributed by atoms with E-state index in [1.165, 1.54) is 67.9 Å². The van der Waals surface area contributed by atoms with Crippen LogP contribution in [0.4, 0.5) is 0 Å². The summed E-state index contributed by atoms with van der Waals surface area (Å²) in [4.78, 5) is 0. The number of hydrogen-bond acceptors (Lipinski definition) is 0. The molecule has 0 radical (unpaired) electrons. The second-order valence-corrected chi connectivity index (χ2v) is 52.7. The molecule has 0 saturated heterocycles. The van der Waals surface area contributed by atoms with Crippen molar-refractivity contribution in [3.8, 4) is 0 Å². The van der Waals surface area contributed by atoms with Crippen LogP contribution in [0.1, 0.15) is 385 Å². The summed E-state index contributed by atoms with van der Waals surface area (Å²) in [6.07, 6.45) is 106. The summed E-state index contributed by atoms with van der Waals surface area (Å²) < 4.78 is 0. The molecule has 506 valence electrons. The molecular weight excluding hydrogens is 1340 g/mol. The van der Waals surface area contributed by atoms with E-state index in [0.717, 1.165) is 0 Å². The van der Waals surface area contributed by atoms with Gasteiger partial charge in [0.2, 0.25) is 0 Å². The fourth-order valence-electron chi connectivity index (χ4n) is 23.0. The van der Waals surface area contributed by atoms with E-state index >= 15 is 0 Å². The molecule has 0 aromatic heterocycles. The normalized spacial score (nSPS) is 27.0. The first-order chi connectivity index (χ1) is 41.7. The van der Waals surface area contributed by atoms with Gasteiger partial charge in [-0.15, -0.1) is 0 Å². The summed E-state index contributed by atoms with van der Waals surface area (Å²) in [5, 5.41) is 0. The van der Waals surface area contributed by atoms with E-state index in [0.29, 0.717) is 0 Å². The minimum atomic E-state index is -0.0909. The van der Waals surface area contributed by atoms with Crippen LogP contribution < -0.4 is 0 Å². The third-order valence-electron chi connectivity index (χ3n) is 27.7. The standard InChI is InChI=1S/3C26H48P2.2Pd/c3*1-5-13-23(14-6-1)27(24-15-7-2-8-16-24)21-22-28(25-17-9-3-10-18-25)26-19-11-4-12-20-26;;/h3*23-26H,1-22H2;;/p+6. The van der Waals surface area contributed by atoms with Crippen LogP contribution in [-0.2, 0) is 40.8 Å². The molecule has 0 nitrogen and oxygen atoms in total. The molecule has 0 N–H and O–H groups in total. The van der Waals surface area contributed by atoms with Gasteiger partial charge in [-0.05, 0) is 308 Å². The molecule has 8 heteroatoms. The molecule has 12 saturated carbocycles. The third-order valence-corrected chi connectivity index (χ3v) is 53.6. The topological polar surface area (TPSA) is 0 Å². The predicted molar refractivity (Wildman–Crippen MR) is 402 cm³/mol. The van der Waals surface area contributed by atoms with E-state index in [2.05, 4.69) is 0 Å². The van der Waals surface area contributed by atoms with Crippen LogP contribution >= 0.6 is 47.5 Å². The van der Waals surface area contributed by atoms with Crippen molar-refractivity contribution in [2.45, 2.75) is 453 Å². The first-order valence-corrected chi connectivity index (χ1v) is 52.1. The van der Waals surface area contributed by atoms with Crippen LogP contribution in [0.25, 0.3) is 0 Å². The van der Waals surface area contributed by atoms with Gasteiger partial charge in [-0.2, -0.15) is 0 Å². The molecule has 0 aliphatic heterocycles. The molecule has 12 rings (SSSR count). The van der Waals surface area contributed by atoms with Gasteiger partial charge in [-0.3, -0.25) is 0 Å². The molecule has 12 fully saturated rings. The smallest absolute Gasteiger partial charge is 0.0530 e. The molecule has 0 spiro atoms. The Morgan fingerprint density at radius 1 is 0.116 bits per heavy atom. The van der Waals surface area contributed by atoms with E-state index in [9.17, 15) is 0 Å². The van der Waals surface area contributed by atoms with Gasteiger partial charge in [0.1, 0.15) is 0 Å². The van der Waals surface area contributed by atoms with Crippen LogP contribution in [0.2, 0.25) is 0 Å². The van der Waals surface area contributed by atoms with Crippen molar-refractivity contribution < 1.29 is 40.8 Å². The monoisotopic (exact) mass is 1480 g/mol. The second kappa shape index (κ2) is 44.7. The molecule has 0 aromatic carbocycles. The maximum absolute atomic E-state index is 1.77. The SMILES string of the molecule is C1CCC([PH+](CC[PH+](C2CCCCC2)C2CCCCC2)C2CCCCC2)CC1.C1CCC([PH+](CC[PH+](C2CCCCC2)C2CCCCC2)C2CCCCC2)CC1.C1CCC([PH+](CC[PH+](C2CCCCC2)C2CCCCC2)C2CCCCC2)CC1.[Pd].[Pd]. The maximum Gasteiger partial charge on any atom is 0.0910 e. The largest absolute Gasteiger partial charge is 0.0910 e. The Balaban J connectivity index is 0.000000166. The van der Waals surface area contributed by atoms with Crippen molar-refractivity contribution in [2.24, 2.45) is 0 Å². The van der Waals surface area contributed by atoms with Crippen molar-refractivity contribution in [3.63, 3.8) is 0 Å². The summed E-state index contributed by atoms with van der Waals surface area (Å²) >= 11 is 0. The third kappa shape index (κ3) is 25.0. The van der Waals surface area contributed by atoms with Crippen LogP contribution in [0.3, 0.4) is 0 Å². The molecule has 12 aliphatic carbocycles. The Morgan fingerprint density at radius 2 is 0.186 bits per heavy atom. The Bertz CT molecular complexity index is 1210. The zero-order valence-corrected chi connectivity index (χ0v) is 66.3. The minimum absolute atomic E-state index is 0. The molecule has 0 bridgehead atoms. The molecule has 0 atom stereocenters. The van der Waals surface area contributed by atoms with Gasteiger partial charge in [0, 0.05) is 88.4 Å². The first-order valence-electron chi connectivity index (χ1n) is 40.9. The Labute approximate surface area is 573 Å². The van der Waals surface area contributed by atoms with Gasteiger partial charge in [0.05, 0.1) is 105 Å². The Kier molecular flexibility index (Phi) is 39.4. The fraction of sp³-hybridized carbons (Fsp3) is 1.00. The van der Waals surface area contributed by atoms with E-state index < -0.39 is 0 Å². The van der Waals surface area contributed by atoms with E-state index in [-0.39, 0.29) is 88.4 Å². The van der Waals surface area contributed by atoms with Crippen molar-refractivity contribution >= 4 is 47.5 Å². The van der Waals surface area contributed by atoms with Gasteiger partial charge in [-0.1, -0.05) is 77.0 Å². The summed E-state index contributed by atoms with van der Waals surface area (Å²) in [5.74, 6) is 0. The number of rotatable bonds is 21. The molecule has 0 unspecified atom stereocenters. The Hall–Kier alpha value is 3.90. The van der Waals surface area contributed by atoms with Crippen molar-refractivity contribution in [1.82, 2.24) is 0 Å². The molecule has 86 heavy (non-hydrogen) atoms. The van der Waals surface area contributed by atoms with E-state index in [1.54, 1.807) is 422 Å². The molecule has 0 amide bonds. The summed E-state index contributed by atoms with van der Waals surface area (Å²) in [7, 11) is -0.545. The Morgan fingerprint density at radius 3 is 0.256 bits per heavy atom.